The summed E-state index contributed by atoms with van der Waals surface area (Å²) < 4.78 is 0. The second-order valence-corrected chi connectivity index (χ2v) is 5.15. The van der Waals surface area contributed by atoms with E-state index in [4.69, 9.17) is 5.73 Å². The molecule has 0 aliphatic rings. The van der Waals surface area contributed by atoms with E-state index in [-0.39, 0.29) is 0 Å². The highest BCUT2D eigenvalue weighted by atomic mass is 14.6. The molecule has 0 atom stereocenters. The third kappa shape index (κ3) is 3.25. The van der Waals surface area contributed by atoms with E-state index in [2.05, 4.69) is 43.8 Å². The Bertz CT molecular complexity index is 579. The van der Waals surface area contributed by atoms with Gasteiger partial charge >= 0.3 is 0 Å². The molecule has 0 spiro atoms. The highest BCUT2D eigenvalue weighted by Gasteiger charge is 2.07. The van der Waals surface area contributed by atoms with Crippen LogP contribution in [0.4, 0.5) is 5.69 Å². The van der Waals surface area contributed by atoms with E-state index in [1.54, 1.807) is 0 Å². The highest BCUT2D eigenvalue weighted by Crippen LogP contribution is 2.25. The number of nitrogens with two attached hydrogens (primary N) is 1. The summed E-state index contributed by atoms with van der Waals surface area (Å²) in [6.45, 7) is 8.16. The quantitative estimate of drug-likeness (QED) is 0.801. The first-order chi connectivity index (χ1) is 9.08. The predicted molar refractivity (Wildman–Crippen MR) is 84.1 cm³/mol. The van der Waals surface area contributed by atoms with Gasteiger partial charge in [0.25, 0.3) is 0 Å². The summed E-state index contributed by atoms with van der Waals surface area (Å²) in [4.78, 5) is 0. The van der Waals surface area contributed by atoms with Crippen LogP contribution in [-0.4, -0.2) is 0 Å². The Morgan fingerprint density at radius 2 is 1.74 bits per heavy atom. The smallest absolute Gasteiger partial charge is 0.0392 e. The Kier molecular flexibility index (Phi) is 4.06. The highest BCUT2D eigenvalue weighted by molar-refractivity contribution is 5.75. The van der Waals surface area contributed by atoms with Gasteiger partial charge in [0.15, 0.2) is 0 Å². The van der Waals surface area contributed by atoms with E-state index in [9.17, 15) is 0 Å². The van der Waals surface area contributed by atoms with Crippen molar-refractivity contribution in [2.45, 2.75) is 26.7 Å². The van der Waals surface area contributed by atoms with Crippen LogP contribution in [0, 0.1) is 6.92 Å². The fourth-order valence-corrected chi connectivity index (χ4v) is 2.38. The summed E-state index contributed by atoms with van der Waals surface area (Å²) in [7, 11) is 0. The zero-order chi connectivity index (χ0) is 13.8. The second-order valence-electron chi connectivity index (χ2n) is 5.15. The average molecular weight is 251 g/mol. The van der Waals surface area contributed by atoms with Gasteiger partial charge in [-0.3, -0.25) is 0 Å². The van der Waals surface area contributed by atoms with Crippen LogP contribution >= 0.6 is 0 Å². The summed E-state index contributed by atoms with van der Waals surface area (Å²) in [5.74, 6) is 0. The lowest BCUT2D eigenvalue weighted by Crippen LogP contribution is -2.00. The molecule has 0 radical (unpaired) electrons. The van der Waals surface area contributed by atoms with Gasteiger partial charge in [0.1, 0.15) is 0 Å². The molecule has 0 aromatic heterocycles. The number of anilines is 1. The molecular weight excluding hydrogens is 230 g/mol. The van der Waals surface area contributed by atoms with Gasteiger partial charge in [0.2, 0.25) is 0 Å². The minimum Gasteiger partial charge on any atom is -0.398 e. The average Bonchev–Trinajstić information content (AvgIpc) is 2.37. The van der Waals surface area contributed by atoms with Crippen molar-refractivity contribution >= 4 is 11.3 Å². The van der Waals surface area contributed by atoms with Gasteiger partial charge in [-0.05, 0) is 49.5 Å². The van der Waals surface area contributed by atoms with Crippen molar-refractivity contribution in [2.75, 3.05) is 5.73 Å². The topological polar surface area (TPSA) is 26.0 Å². The number of benzene rings is 2. The lowest BCUT2D eigenvalue weighted by atomic mass is 9.95. The molecule has 0 amide bonds. The van der Waals surface area contributed by atoms with Gasteiger partial charge in [-0.15, -0.1) is 0 Å². The number of hydrogen-bond acceptors (Lipinski definition) is 1. The molecule has 0 saturated heterocycles. The van der Waals surface area contributed by atoms with Crippen LogP contribution in [0.25, 0.3) is 5.57 Å². The number of aryl methyl sites for hydroxylation is 3. The van der Waals surface area contributed by atoms with Crippen molar-refractivity contribution in [3.8, 4) is 0 Å². The molecule has 0 fully saturated rings. The molecule has 2 aromatic rings. The van der Waals surface area contributed by atoms with Crippen molar-refractivity contribution in [1.29, 1.82) is 0 Å². The molecule has 2 rings (SSSR count). The molecule has 0 heterocycles. The van der Waals surface area contributed by atoms with Crippen LogP contribution in [0.2, 0.25) is 0 Å². The number of allylic oxidation sites excluding steroid dienone is 1. The van der Waals surface area contributed by atoms with Gasteiger partial charge in [-0.1, -0.05) is 48.5 Å². The van der Waals surface area contributed by atoms with E-state index < -0.39 is 0 Å². The third-order valence-electron chi connectivity index (χ3n) is 3.41. The van der Waals surface area contributed by atoms with Crippen molar-refractivity contribution in [3.05, 3.63) is 71.3 Å². The SMILES string of the molecule is C=C(C)c1c(N)cccc1CCc1ccc(C)cc1. The van der Waals surface area contributed by atoms with Gasteiger partial charge in [0.05, 0.1) is 0 Å². The first kappa shape index (κ1) is 13.4. The molecule has 0 unspecified atom stereocenters. The molecular formula is C18H21N. The van der Waals surface area contributed by atoms with Gasteiger partial charge in [-0.2, -0.15) is 0 Å². The van der Waals surface area contributed by atoms with E-state index in [0.717, 1.165) is 29.7 Å². The van der Waals surface area contributed by atoms with Crippen LogP contribution in [-0.2, 0) is 12.8 Å². The van der Waals surface area contributed by atoms with Crippen LogP contribution in [0.3, 0.4) is 0 Å². The van der Waals surface area contributed by atoms with Crippen LogP contribution in [0.1, 0.15) is 29.2 Å². The van der Waals surface area contributed by atoms with Crippen molar-refractivity contribution < 1.29 is 0 Å². The van der Waals surface area contributed by atoms with E-state index in [1.165, 1.54) is 16.7 Å². The standard InChI is InChI=1S/C18H21N/c1-13(2)18-16(5-4-6-17(18)19)12-11-15-9-7-14(3)8-10-15/h4-10H,1,11-12,19H2,2-3H3. The number of nitrogen functional groups attached to an aromatic ring is 1. The van der Waals surface area contributed by atoms with Gasteiger partial charge in [0, 0.05) is 11.3 Å². The van der Waals surface area contributed by atoms with Crippen LogP contribution < -0.4 is 5.73 Å². The van der Waals surface area contributed by atoms with Gasteiger partial charge in [-0.25, -0.2) is 0 Å². The molecule has 2 N–H and O–H groups in total. The van der Waals surface area contributed by atoms with E-state index in [0.29, 0.717) is 0 Å². The molecule has 19 heavy (non-hydrogen) atoms. The zero-order valence-corrected chi connectivity index (χ0v) is 11.7. The molecule has 1 heteroatoms. The monoisotopic (exact) mass is 251 g/mol. The lowest BCUT2D eigenvalue weighted by molar-refractivity contribution is 0.955. The Hall–Kier alpha value is -2.02. The number of rotatable bonds is 4. The summed E-state index contributed by atoms with van der Waals surface area (Å²) in [5, 5.41) is 0. The third-order valence-corrected chi connectivity index (χ3v) is 3.41. The Morgan fingerprint density at radius 3 is 2.37 bits per heavy atom. The molecule has 0 aliphatic carbocycles. The van der Waals surface area contributed by atoms with Crippen molar-refractivity contribution in [2.24, 2.45) is 0 Å². The molecule has 1 nitrogen and oxygen atoms in total. The molecule has 0 bridgehead atoms. The maximum Gasteiger partial charge on any atom is 0.0392 e. The molecule has 98 valence electrons. The first-order valence-electron chi connectivity index (χ1n) is 6.66. The molecule has 2 aromatic carbocycles. The minimum absolute atomic E-state index is 0.828. The van der Waals surface area contributed by atoms with E-state index in [1.807, 2.05) is 19.1 Å². The summed E-state index contributed by atoms with van der Waals surface area (Å²) >= 11 is 0. The van der Waals surface area contributed by atoms with Crippen molar-refractivity contribution in [1.82, 2.24) is 0 Å². The lowest BCUT2D eigenvalue weighted by Gasteiger charge is -2.12. The maximum absolute atomic E-state index is 6.05. The van der Waals surface area contributed by atoms with Crippen LogP contribution in [0.15, 0.2) is 49.0 Å². The number of hydrogen-bond donors (Lipinski definition) is 1. The predicted octanol–water partition coefficient (Wildman–Crippen LogP) is 4.40. The fraction of sp³-hybridized carbons (Fsp3) is 0.222. The van der Waals surface area contributed by atoms with Crippen molar-refractivity contribution in [3.63, 3.8) is 0 Å². The summed E-state index contributed by atoms with van der Waals surface area (Å²) in [6.07, 6.45) is 2.03. The van der Waals surface area contributed by atoms with E-state index >= 15 is 0 Å². The first-order valence-corrected chi connectivity index (χ1v) is 6.66. The molecule has 0 aliphatic heterocycles. The normalized spacial score (nSPS) is 10.4. The minimum atomic E-state index is 0.828. The Morgan fingerprint density at radius 1 is 1.05 bits per heavy atom. The summed E-state index contributed by atoms with van der Waals surface area (Å²) in [6, 6.07) is 14.8. The zero-order valence-electron chi connectivity index (χ0n) is 11.7. The second kappa shape index (κ2) is 5.75. The molecule has 0 saturated carbocycles. The van der Waals surface area contributed by atoms with Gasteiger partial charge < -0.3 is 5.73 Å². The fourth-order valence-electron chi connectivity index (χ4n) is 2.38. The maximum atomic E-state index is 6.05. The Balaban J connectivity index is 2.18. The Labute approximate surface area is 115 Å². The largest absolute Gasteiger partial charge is 0.398 e. The summed E-state index contributed by atoms with van der Waals surface area (Å²) in [5.41, 5.74) is 13.0. The van der Waals surface area contributed by atoms with Crippen LogP contribution in [0.5, 0.6) is 0 Å².